The van der Waals surface area contributed by atoms with Crippen molar-refractivity contribution in [3.63, 3.8) is 0 Å². The molecular formula is C12H20FN3O. The third kappa shape index (κ3) is 3.25. The number of piperidine rings is 1. The van der Waals surface area contributed by atoms with E-state index in [0.29, 0.717) is 18.4 Å². The zero-order valence-corrected chi connectivity index (χ0v) is 10.5. The van der Waals surface area contributed by atoms with Crippen molar-refractivity contribution in [2.45, 2.75) is 39.2 Å². The van der Waals surface area contributed by atoms with Crippen LogP contribution in [-0.4, -0.2) is 34.8 Å². The van der Waals surface area contributed by atoms with Crippen LogP contribution < -0.4 is 0 Å². The van der Waals surface area contributed by atoms with E-state index in [2.05, 4.69) is 15.0 Å². The molecule has 0 amide bonds. The van der Waals surface area contributed by atoms with Crippen LogP contribution in [-0.2, 0) is 6.54 Å². The van der Waals surface area contributed by atoms with E-state index in [-0.39, 0.29) is 12.6 Å². The van der Waals surface area contributed by atoms with Gasteiger partial charge in [0, 0.05) is 5.92 Å². The van der Waals surface area contributed by atoms with Gasteiger partial charge in [-0.1, -0.05) is 19.0 Å². The van der Waals surface area contributed by atoms with E-state index in [1.807, 2.05) is 13.8 Å². The molecule has 0 aliphatic carbocycles. The van der Waals surface area contributed by atoms with E-state index in [1.165, 1.54) is 0 Å². The number of alkyl halides is 1. The zero-order chi connectivity index (χ0) is 12.3. The molecule has 0 atom stereocenters. The lowest BCUT2D eigenvalue weighted by atomic mass is 9.98. The van der Waals surface area contributed by atoms with Crippen LogP contribution in [0, 0.1) is 5.92 Å². The van der Waals surface area contributed by atoms with Crippen LogP contribution in [0.25, 0.3) is 0 Å². The van der Waals surface area contributed by atoms with Crippen molar-refractivity contribution >= 4 is 0 Å². The summed E-state index contributed by atoms with van der Waals surface area (Å²) >= 11 is 0. The predicted molar refractivity (Wildman–Crippen MR) is 62.4 cm³/mol. The Balaban J connectivity index is 1.84. The number of aromatic nitrogens is 2. The van der Waals surface area contributed by atoms with Gasteiger partial charge in [0.1, 0.15) is 0 Å². The van der Waals surface area contributed by atoms with Gasteiger partial charge in [-0.3, -0.25) is 9.29 Å². The first kappa shape index (κ1) is 12.5. The third-order valence-corrected chi connectivity index (χ3v) is 3.28. The van der Waals surface area contributed by atoms with E-state index in [0.717, 1.165) is 31.8 Å². The average molecular weight is 241 g/mol. The number of halogens is 1. The SMILES string of the molecule is CC(C)c1noc(CN2CCC(CF)CC2)n1. The lowest BCUT2D eigenvalue weighted by Gasteiger charge is -2.29. The van der Waals surface area contributed by atoms with Crippen LogP contribution in [0.3, 0.4) is 0 Å². The van der Waals surface area contributed by atoms with Gasteiger partial charge in [0.15, 0.2) is 5.82 Å². The van der Waals surface area contributed by atoms with Gasteiger partial charge < -0.3 is 4.52 Å². The van der Waals surface area contributed by atoms with Crippen molar-refractivity contribution in [2.24, 2.45) is 5.92 Å². The second-order valence-corrected chi connectivity index (χ2v) is 5.07. The fourth-order valence-corrected chi connectivity index (χ4v) is 2.06. The van der Waals surface area contributed by atoms with Crippen molar-refractivity contribution in [3.8, 4) is 0 Å². The normalized spacial score (nSPS) is 19.1. The van der Waals surface area contributed by atoms with E-state index in [4.69, 9.17) is 4.52 Å². The maximum atomic E-state index is 12.5. The molecule has 0 spiro atoms. The number of hydrogen-bond donors (Lipinski definition) is 0. The molecule has 17 heavy (non-hydrogen) atoms. The molecule has 1 aromatic heterocycles. The molecule has 0 aromatic carbocycles. The molecule has 1 fully saturated rings. The molecule has 5 heteroatoms. The summed E-state index contributed by atoms with van der Waals surface area (Å²) in [6.07, 6.45) is 1.86. The first-order chi connectivity index (χ1) is 8.19. The fourth-order valence-electron chi connectivity index (χ4n) is 2.06. The molecule has 0 saturated carbocycles. The Kier molecular flexibility index (Phi) is 4.10. The second kappa shape index (κ2) is 5.58. The van der Waals surface area contributed by atoms with Crippen LogP contribution in [0.15, 0.2) is 4.52 Å². The molecule has 1 saturated heterocycles. The quantitative estimate of drug-likeness (QED) is 0.811. The predicted octanol–water partition coefficient (Wildman–Crippen LogP) is 2.37. The Labute approximate surface area is 101 Å². The Morgan fingerprint density at radius 1 is 1.41 bits per heavy atom. The highest BCUT2D eigenvalue weighted by atomic mass is 19.1. The van der Waals surface area contributed by atoms with Crippen LogP contribution in [0.4, 0.5) is 4.39 Å². The van der Waals surface area contributed by atoms with Gasteiger partial charge in [-0.2, -0.15) is 4.98 Å². The van der Waals surface area contributed by atoms with Crippen LogP contribution in [0.2, 0.25) is 0 Å². The molecule has 1 aliphatic heterocycles. The highest BCUT2D eigenvalue weighted by Gasteiger charge is 2.21. The number of hydrogen-bond acceptors (Lipinski definition) is 4. The van der Waals surface area contributed by atoms with E-state index < -0.39 is 0 Å². The summed E-state index contributed by atoms with van der Waals surface area (Å²) in [5.74, 6) is 1.98. The van der Waals surface area contributed by atoms with E-state index >= 15 is 0 Å². The molecule has 0 unspecified atom stereocenters. The van der Waals surface area contributed by atoms with Crippen molar-refractivity contribution in [1.29, 1.82) is 0 Å². The second-order valence-electron chi connectivity index (χ2n) is 5.07. The summed E-state index contributed by atoms with van der Waals surface area (Å²) < 4.78 is 17.7. The molecule has 1 aromatic rings. The monoisotopic (exact) mass is 241 g/mol. The summed E-state index contributed by atoms with van der Waals surface area (Å²) in [7, 11) is 0. The maximum Gasteiger partial charge on any atom is 0.240 e. The van der Waals surface area contributed by atoms with Gasteiger partial charge >= 0.3 is 0 Å². The Morgan fingerprint density at radius 3 is 2.65 bits per heavy atom. The summed E-state index contributed by atoms with van der Waals surface area (Å²) in [6.45, 7) is 6.44. The summed E-state index contributed by atoms with van der Waals surface area (Å²) in [4.78, 5) is 6.60. The smallest absolute Gasteiger partial charge is 0.240 e. The molecule has 1 aliphatic rings. The standard InChI is InChI=1S/C12H20FN3O/c1-9(2)12-14-11(17-15-12)8-16-5-3-10(7-13)4-6-16/h9-10H,3-8H2,1-2H3. The molecule has 0 N–H and O–H groups in total. The van der Waals surface area contributed by atoms with Gasteiger partial charge in [0.05, 0.1) is 13.2 Å². The van der Waals surface area contributed by atoms with Gasteiger partial charge in [-0.05, 0) is 31.8 Å². The van der Waals surface area contributed by atoms with Crippen molar-refractivity contribution in [2.75, 3.05) is 19.8 Å². The van der Waals surface area contributed by atoms with Gasteiger partial charge in [0.25, 0.3) is 0 Å². The summed E-state index contributed by atoms with van der Waals surface area (Å²) in [5.41, 5.74) is 0. The van der Waals surface area contributed by atoms with Crippen molar-refractivity contribution < 1.29 is 8.91 Å². The first-order valence-electron chi connectivity index (χ1n) is 6.30. The van der Waals surface area contributed by atoms with Crippen molar-refractivity contribution in [1.82, 2.24) is 15.0 Å². The van der Waals surface area contributed by atoms with Gasteiger partial charge in [0.2, 0.25) is 5.89 Å². The minimum absolute atomic E-state index is 0.189. The molecule has 2 rings (SSSR count). The van der Waals surface area contributed by atoms with E-state index in [9.17, 15) is 4.39 Å². The largest absolute Gasteiger partial charge is 0.338 e. The minimum Gasteiger partial charge on any atom is -0.338 e. The van der Waals surface area contributed by atoms with Gasteiger partial charge in [-0.25, -0.2) is 0 Å². The van der Waals surface area contributed by atoms with Crippen molar-refractivity contribution in [3.05, 3.63) is 11.7 Å². The number of nitrogens with zero attached hydrogens (tertiary/aromatic N) is 3. The van der Waals surface area contributed by atoms with Crippen LogP contribution >= 0.6 is 0 Å². The highest BCUT2D eigenvalue weighted by Crippen LogP contribution is 2.19. The summed E-state index contributed by atoms with van der Waals surface area (Å²) in [6, 6.07) is 0. The lowest BCUT2D eigenvalue weighted by Crippen LogP contribution is -2.33. The summed E-state index contributed by atoms with van der Waals surface area (Å²) in [5, 5.41) is 3.94. The molecule has 2 heterocycles. The molecule has 0 bridgehead atoms. The molecule has 0 radical (unpaired) electrons. The molecule has 4 nitrogen and oxygen atoms in total. The topological polar surface area (TPSA) is 42.2 Å². The molecular weight excluding hydrogens is 221 g/mol. The number of likely N-dealkylation sites (tertiary alicyclic amines) is 1. The Bertz CT molecular complexity index is 345. The molecule has 96 valence electrons. The fraction of sp³-hybridized carbons (Fsp3) is 0.833. The average Bonchev–Trinajstić information content (AvgIpc) is 2.79. The zero-order valence-electron chi connectivity index (χ0n) is 10.5. The minimum atomic E-state index is -0.189. The van der Waals surface area contributed by atoms with E-state index in [1.54, 1.807) is 0 Å². The highest BCUT2D eigenvalue weighted by molar-refractivity contribution is 4.92. The third-order valence-electron chi connectivity index (χ3n) is 3.28. The van der Waals surface area contributed by atoms with Crippen LogP contribution in [0.1, 0.15) is 44.3 Å². The Hall–Kier alpha value is -0.970. The Morgan fingerprint density at radius 2 is 2.12 bits per heavy atom. The maximum absolute atomic E-state index is 12.5. The number of rotatable bonds is 4. The van der Waals surface area contributed by atoms with Gasteiger partial charge in [-0.15, -0.1) is 0 Å². The first-order valence-corrected chi connectivity index (χ1v) is 6.30. The van der Waals surface area contributed by atoms with Crippen LogP contribution in [0.5, 0.6) is 0 Å². The lowest BCUT2D eigenvalue weighted by molar-refractivity contribution is 0.145.